The van der Waals surface area contributed by atoms with Gasteiger partial charge in [0.25, 0.3) is 0 Å². The van der Waals surface area contributed by atoms with Crippen molar-refractivity contribution in [3.63, 3.8) is 0 Å². The van der Waals surface area contributed by atoms with Gasteiger partial charge in [0, 0.05) is 18.4 Å². The number of hydrogen-bond donors (Lipinski definition) is 4. The van der Waals surface area contributed by atoms with Crippen LogP contribution in [0.15, 0.2) is 22.8 Å². The van der Waals surface area contributed by atoms with Crippen LogP contribution in [0.3, 0.4) is 0 Å². The number of aliphatic carboxylic acids is 1. The first-order valence-corrected chi connectivity index (χ1v) is 13.7. The van der Waals surface area contributed by atoms with Gasteiger partial charge in [0.05, 0.1) is 23.5 Å². The fourth-order valence-corrected chi connectivity index (χ4v) is 8.68. The summed E-state index contributed by atoms with van der Waals surface area (Å²) in [6.45, 7) is 12.6. The molecule has 4 rings (SSSR count). The Hall–Kier alpha value is -2.16. The second kappa shape index (κ2) is 8.93. The van der Waals surface area contributed by atoms with Crippen LogP contribution >= 0.6 is 0 Å². The molecule has 210 valence electrons. The van der Waals surface area contributed by atoms with Crippen LogP contribution in [-0.4, -0.2) is 62.1 Å². The summed E-state index contributed by atoms with van der Waals surface area (Å²) in [5, 5.41) is 41.8. The minimum atomic E-state index is -1.72. The Balaban J connectivity index is 1.81. The lowest BCUT2D eigenvalue weighted by Crippen LogP contribution is -2.60. The van der Waals surface area contributed by atoms with Crippen molar-refractivity contribution in [1.29, 1.82) is 0 Å². The molecule has 0 aromatic carbocycles. The summed E-state index contributed by atoms with van der Waals surface area (Å²) >= 11 is 0. The zero-order valence-corrected chi connectivity index (χ0v) is 23.5. The summed E-state index contributed by atoms with van der Waals surface area (Å²) in [7, 11) is 0. The normalized spacial score (nSPS) is 42.2. The maximum Gasteiger partial charge on any atom is 0.309 e. The first-order valence-electron chi connectivity index (χ1n) is 13.7. The van der Waals surface area contributed by atoms with E-state index in [1.54, 1.807) is 6.92 Å². The van der Waals surface area contributed by atoms with Crippen LogP contribution in [0.25, 0.3) is 0 Å². The minimum Gasteiger partial charge on any atom is -0.481 e. The first kappa shape index (κ1) is 28.8. The van der Waals surface area contributed by atoms with Gasteiger partial charge in [-0.3, -0.25) is 19.2 Å². The van der Waals surface area contributed by atoms with Crippen molar-refractivity contribution in [3.05, 3.63) is 22.8 Å². The Morgan fingerprint density at radius 2 is 1.68 bits per heavy atom. The Labute approximate surface area is 224 Å². The lowest BCUT2D eigenvalue weighted by Gasteiger charge is -2.61. The van der Waals surface area contributed by atoms with E-state index in [1.165, 1.54) is 13.0 Å². The van der Waals surface area contributed by atoms with E-state index < -0.39 is 63.6 Å². The summed E-state index contributed by atoms with van der Waals surface area (Å²) < 4.78 is 0. The zero-order valence-electron chi connectivity index (χ0n) is 23.5. The van der Waals surface area contributed by atoms with Gasteiger partial charge in [0.15, 0.2) is 11.6 Å². The summed E-state index contributed by atoms with van der Waals surface area (Å²) in [6.07, 6.45) is -0.426. The lowest BCUT2D eigenvalue weighted by atomic mass is 9.42. The molecule has 0 saturated heterocycles. The van der Waals surface area contributed by atoms with Crippen LogP contribution in [0.2, 0.25) is 0 Å². The van der Waals surface area contributed by atoms with Crippen LogP contribution in [0, 0.1) is 39.4 Å². The maximum absolute atomic E-state index is 14.1. The molecule has 8 heteroatoms. The van der Waals surface area contributed by atoms with E-state index in [4.69, 9.17) is 5.11 Å². The van der Waals surface area contributed by atoms with E-state index in [1.807, 2.05) is 34.6 Å². The van der Waals surface area contributed by atoms with Crippen molar-refractivity contribution >= 4 is 23.3 Å². The van der Waals surface area contributed by atoms with Crippen molar-refractivity contribution in [1.82, 2.24) is 0 Å². The largest absolute Gasteiger partial charge is 0.481 e. The zero-order chi connectivity index (χ0) is 28.7. The van der Waals surface area contributed by atoms with Gasteiger partial charge in [0.2, 0.25) is 0 Å². The van der Waals surface area contributed by atoms with Crippen molar-refractivity contribution in [2.75, 3.05) is 0 Å². The number of carboxylic acid groups (broad SMARTS) is 1. The van der Waals surface area contributed by atoms with E-state index in [0.29, 0.717) is 36.0 Å². The average molecular weight is 531 g/mol. The quantitative estimate of drug-likeness (QED) is 0.396. The number of carboxylic acids is 1. The number of rotatable bonds is 5. The number of carbonyl (C=O) groups excluding carboxylic acids is 3. The molecule has 9 atom stereocenters. The third kappa shape index (κ3) is 3.66. The number of aliphatic hydroxyl groups excluding tert-OH is 3. The van der Waals surface area contributed by atoms with Gasteiger partial charge in [-0.05, 0) is 79.8 Å². The molecule has 0 unspecified atom stereocenters. The number of aliphatic hydroxyl groups is 3. The number of carbonyl (C=O) groups is 4. The SMILES string of the molecule is C/C(=C\C(=O)[C@@H](O)[C@@H](C)C(=O)O)[C@H]1CC(=O)[C@@]2(C)C3=C(C(=O)C[C@]12C)[C@@]1(C)CC[C@H](O)C(C)(C)[C@@H]1C[C@@H]3O. The summed E-state index contributed by atoms with van der Waals surface area (Å²) in [5.41, 5.74) is -1.54. The number of hydrogen-bond acceptors (Lipinski definition) is 7. The lowest BCUT2D eigenvalue weighted by molar-refractivity contribution is -0.148. The van der Waals surface area contributed by atoms with Crippen molar-refractivity contribution in [2.45, 2.75) is 98.9 Å². The monoisotopic (exact) mass is 530 g/mol. The first-order chi connectivity index (χ1) is 17.4. The van der Waals surface area contributed by atoms with E-state index in [2.05, 4.69) is 0 Å². The van der Waals surface area contributed by atoms with Crippen molar-refractivity contribution in [3.8, 4) is 0 Å². The van der Waals surface area contributed by atoms with Gasteiger partial charge in [-0.15, -0.1) is 0 Å². The molecule has 2 saturated carbocycles. The Morgan fingerprint density at radius 1 is 1.08 bits per heavy atom. The molecule has 0 aliphatic heterocycles. The topological polar surface area (TPSA) is 149 Å². The molecule has 0 aromatic heterocycles. The van der Waals surface area contributed by atoms with Crippen molar-refractivity contribution in [2.24, 2.45) is 39.4 Å². The fourth-order valence-electron chi connectivity index (χ4n) is 8.68. The molecule has 4 aliphatic rings. The predicted molar refractivity (Wildman–Crippen MR) is 139 cm³/mol. The van der Waals surface area contributed by atoms with Gasteiger partial charge in [-0.2, -0.15) is 0 Å². The standard InChI is InChI=1S/C30H42O8/c1-14(10-18(32)25(36)15(2)26(37)38)16-11-22(35)30(7)24-17(31)12-20-27(3,4)21(34)8-9-28(20,5)23(24)19(33)13-29(16,30)6/h10,15-17,20-21,25,31,34,36H,8-9,11-13H2,1-7H3,(H,37,38)/b14-10+/t15-,16-,17+,20+,21+,25+,28+,29-,30+/m1/s1. The molecule has 2 fully saturated rings. The molecule has 0 bridgehead atoms. The van der Waals surface area contributed by atoms with Crippen LogP contribution in [-0.2, 0) is 19.2 Å². The van der Waals surface area contributed by atoms with Gasteiger partial charge < -0.3 is 20.4 Å². The molecule has 8 nitrogen and oxygen atoms in total. The predicted octanol–water partition coefficient (Wildman–Crippen LogP) is 3.02. The number of allylic oxidation sites excluding steroid dienone is 2. The third-order valence-electron chi connectivity index (χ3n) is 11.4. The van der Waals surface area contributed by atoms with Crippen molar-refractivity contribution < 1.29 is 39.6 Å². The minimum absolute atomic E-state index is 0.0736. The molecule has 0 heterocycles. The highest BCUT2D eigenvalue weighted by Crippen LogP contribution is 2.70. The second-order valence-corrected chi connectivity index (χ2v) is 13.6. The Morgan fingerprint density at radius 3 is 2.26 bits per heavy atom. The molecule has 38 heavy (non-hydrogen) atoms. The van der Waals surface area contributed by atoms with Crippen LogP contribution in [0.1, 0.15) is 80.6 Å². The highest BCUT2D eigenvalue weighted by atomic mass is 16.4. The summed E-state index contributed by atoms with van der Waals surface area (Å²) in [6, 6.07) is 0. The molecule has 0 aromatic rings. The fraction of sp³-hybridized carbons (Fsp3) is 0.733. The second-order valence-electron chi connectivity index (χ2n) is 13.6. The number of Topliss-reactive ketones (excluding diaryl/α,β-unsaturated/α-hetero) is 2. The molecule has 0 amide bonds. The van der Waals surface area contributed by atoms with E-state index in [-0.39, 0.29) is 30.3 Å². The van der Waals surface area contributed by atoms with Gasteiger partial charge >= 0.3 is 5.97 Å². The Bertz CT molecular complexity index is 1160. The van der Waals surface area contributed by atoms with E-state index >= 15 is 0 Å². The molecule has 4 aliphatic carbocycles. The van der Waals surface area contributed by atoms with Crippen LogP contribution in [0.5, 0.6) is 0 Å². The maximum atomic E-state index is 14.1. The van der Waals surface area contributed by atoms with E-state index in [0.717, 1.165) is 0 Å². The third-order valence-corrected chi connectivity index (χ3v) is 11.4. The molecule has 0 radical (unpaired) electrons. The number of ketones is 3. The van der Waals surface area contributed by atoms with Crippen LogP contribution < -0.4 is 0 Å². The molecule has 4 N–H and O–H groups in total. The average Bonchev–Trinajstić information content (AvgIpc) is 3.03. The summed E-state index contributed by atoms with van der Waals surface area (Å²) in [4.78, 5) is 51.9. The molecular formula is C30H42O8. The smallest absolute Gasteiger partial charge is 0.309 e. The highest BCUT2D eigenvalue weighted by molar-refractivity contribution is 6.05. The van der Waals surface area contributed by atoms with Gasteiger partial charge in [0.1, 0.15) is 11.9 Å². The Kier molecular flexibility index (Phi) is 6.78. The molecule has 0 spiro atoms. The van der Waals surface area contributed by atoms with Crippen LogP contribution in [0.4, 0.5) is 0 Å². The summed E-state index contributed by atoms with van der Waals surface area (Å²) in [5.74, 6) is -4.14. The number of fused-ring (bicyclic) bond motifs is 4. The van der Waals surface area contributed by atoms with Gasteiger partial charge in [-0.25, -0.2) is 0 Å². The highest BCUT2D eigenvalue weighted by Gasteiger charge is 2.70. The van der Waals surface area contributed by atoms with Gasteiger partial charge in [-0.1, -0.05) is 33.3 Å². The molecular weight excluding hydrogens is 488 g/mol. The van der Waals surface area contributed by atoms with E-state index in [9.17, 15) is 34.5 Å².